The van der Waals surface area contributed by atoms with E-state index < -0.39 is 0 Å². The third kappa shape index (κ3) is 4.62. The van der Waals surface area contributed by atoms with Crippen molar-refractivity contribution in [2.75, 3.05) is 13.2 Å². The van der Waals surface area contributed by atoms with E-state index in [2.05, 4.69) is 16.0 Å². The Bertz CT molecular complexity index is 359. The topological polar surface area (TPSA) is 47.3 Å². The van der Waals surface area contributed by atoms with Gasteiger partial charge in [0.25, 0.3) is 0 Å². The molecular formula is C15H26N2O2. The quantitative estimate of drug-likeness (QED) is 0.736. The van der Waals surface area contributed by atoms with Crippen LogP contribution in [0.15, 0.2) is 12.3 Å². The molecule has 2 rings (SSSR count). The van der Waals surface area contributed by atoms with Crippen molar-refractivity contribution in [1.82, 2.24) is 9.78 Å². The lowest BCUT2D eigenvalue weighted by Gasteiger charge is -2.10. The lowest BCUT2D eigenvalue weighted by Crippen LogP contribution is -2.13. The third-order valence-corrected chi connectivity index (χ3v) is 3.84. The summed E-state index contributed by atoms with van der Waals surface area (Å²) in [5, 5.41) is 14.6. The number of aliphatic hydroxyl groups is 1. The molecule has 1 aliphatic rings. The summed E-state index contributed by atoms with van der Waals surface area (Å²) in [6.07, 6.45) is 9.27. The lowest BCUT2D eigenvalue weighted by molar-refractivity contribution is 0.114. The second-order valence-electron chi connectivity index (χ2n) is 5.42. The van der Waals surface area contributed by atoms with Crippen LogP contribution in [0.5, 0.6) is 0 Å². The number of ether oxygens (including phenoxy) is 1. The second kappa shape index (κ2) is 7.65. The van der Waals surface area contributed by atoms with Crippen molar-refractivity contribution in [3.8, 4) is 0 Å². The number of rotatable bonds is 8. The number of hydrogen-bond donors (Lipinski definition) is 1. The van der Waals surface area contributed by atoms with E-state index in [1.807, 2.05) is 13.0 Å². The summed E-state index contributed by atoms with van der Waals surface area (Å²) in [6.45, 7) is 3.48. The van der Waals surface area contributed by atoms with Crippen LogP contribution in [-0.2, 0) is 11.2 Å². The highest BCUT2D eigenvalue weighted by Crippen LogP contribution is 2.28. The Morgan fingerprint density at radius 2 is 2.26 bits per heavy atom. The molecular weight excluding hydrogens is 240 g/mol. The second-order valence-corrected chi connectivity index (χ2v) is 5.42. The Hall–Kier alpha value is -0.870. The number of nitrogens with zero attached hydrogens (tertiary/aromatic N) is 2. The minimum Gasteiger partial charge on any atom is -0.393 e. The summed E-state index contributed by atoms with van der Waals surface area (Å²) in [4.78, 5) is 0. The summed E-state index contributed by atoms with van der Waals surface area (Å²) >= 11 is 0. The summed E-state index contributed by atoms with van der Waals surface area (Å²) in [5.74, 6) is 0. The van der Waals surface area contributed by atoms with Crippen LogP contribution in [0.1, 0.15) is 57.2 Å². The van der Waals surface area contributed by atoms with Gasteiger partial charge in [-0.2, -0.15) is 5.10 Å². The molecule has 0 amide bonds. The van der Waals surface area contributed by atoms with Crippen molar-refractivity contribution < 1.29 is 9.84 Å². The highest BCUT2D eigenvalue weighted by Gasteiger charge is 2.18. The molecule has 4 nitrogen and oxygen atoms in total. The maximum atomic E-state index is 9.97. The zero-order valence-electron chi connectivity index (χ0n) is 11.9. The Morgan fingerprint density at radius 3 is 3.00 bits per heavy atom. The van der Waals surface area contributed by atoms with Gasteiger partial charge in [0.1, 0.15) is 0 Å². The first-order chi connectivity index (χ1) is 9.29. The van der Waals surface area contributed by atoms with Gasteiger partial charge in [-0.05, 0) is 38.7 Å². The fourth-order valence-electron chi connectivity index (χ4n) is 2.77. The molecule has 108 valence electrons. The van der Waals surface area contributed by atoms with Gasteiger partial charge in [-0.3, -0.25) is 4.68 Å². The molecule has 4 heteroatoms. The van der Waals surface area contributed by atoms with Gasteiger partial charge in [0.05, 0.1) is 17.8 Å². The molecule has 0 spiro atoms. The smallest absolute Gasteiger partial charge is 0.0650 e. The molecule has 0 saturated heterocycles. The maximum Gasteiger partial charge on any atom is 0.0650 e. The largest absolute Gasteiger partial charge is 0.393 e. The van der Waals surface area contributed by atoms with E-state index in [9.17, 15) is 5.11 Å². The molecule has 1 unspecified atom stereocenters. The van der Waals surface area contributed by atoms with Crippen LogP contribution >= 0.6 is 0 Å². The summed E-state index contributed by atoms with van der Waals surface area (Å²) in [5.41, 5.74) is 1.01. The molecule has 1 heterocycles. The molecule has 1 fully saturated rings. The van der Waals surface area contributed by atoms with Crippen molar-refractivity contribution in [1.29, 1.82) is 0 Å². The lowest BCUT2D eigenvalue weighted by atomic mass is 10.1. The van der Waals surface area contributed by atoms with Crippen LogP contribution in [0.25, 0.3) is 0 Å². The average Bonchev–Trinajstić information content (AvgIpc) is 3.04. The van der Waals surface area contributed by atoms with Crippen LogP contribution in [0.4, 0.5) is 0 Å². The first kappa shape index (κ1) is 14.5. The van der Waals surface area contributed by atoms with Crippen molar-refractivity contribution in [3.05, 3.63) is 18.0 Å². The molecule has 0 radical (unpaired) electrons. The Labute approximate surface area is 115 Å². The van der Waals surface area contributed by atoms with Crippen LogP contribution < -0.4 is 0 Å². The standard InChI is InChI=1S/C15H26N2O2/c1-2-19-11-5-8-15(18)12-13-9-10-17(16-13)14-6-3-4-7-14/h9-10,14-15,18H,2-8,11-12H2,1H3. The minimum atomic E-state index is -0.299. The number of hydrogen-bond acceptors (Lipinski definition) is 3. The summed E-state index contributed by atoms with van der Waals surface area (Å²) in [6, 6.07) is 2.63. The van der Waals surface area contributed by atoms with Gasteiger partial charge < -0.3 is 9.84 Å². The van der Waals surface area contributed by atoms with Crippen LogP contribution in [0, 0.1) is 0 Å². The zero-order valence-corrected chi connectivity index (χ0v) is 11.9. The van der Waals surface area contributed by atoms with Gasteiger partial charge in [-0.25, -0.2) is 0 Å². The van der Waals surface area contributed by atoms with Crippen molar-refractivity contribution in [2.24, 2.45) is 0 Å². The van der Waals surface area contributed by atoms with E-state index in [-0.39, 0.29) is 6.10 Å². The molecule has 1 aliphatic carbocycles. The van der Waals surface area contributed by atoms with Gasteiger partial charge >= 0.3 is 0 Å². The van der Waals surface area contributed by atoms with Crippen LogP contribution in [-0.4, -0.2) is 34.2 Å². The molecule has 1 atom stereocenters. The Morgan fingerprint density at radius 1 is 1.47 bits per heavy atom. The highest BCUT2D eigenvalue weighted by atomic mass is 16.5. The van der Waals surface area contributed by atoms with Crippen molar-refractivity contribution >= 4 is 0 Å². The highest BCUT2D eigenvalue weighted by molar-refractivity contribution is 5.01. The predicted molar refractivity (Wildman–Crippen MR) is 75.2 cm³/mol. The minimum absolute atomic E-state index is 0.299. The van der Waals surface area contributed by atoms with E-state index >= 15 is 0 Å². The molecule has 1 aromatic rings. The molecule has 1 saturated carbocycles. The van der Waals surface area contributed by atoms with Gasteiger partial charge in [0.2, 0.25) is 0 Å². The normalized spacial score (nSPS) is 18.0. The first-order valence-corrected chi connectivity index (χ1v) is 7.59. The van der Waals surface area contributed by atoms with Crippen LogP contribution in [0.2, 0.25) is 0 Å². The molecule has 0 aromatic carbocycles. The van der Waals surface area contributed by atoms with Gasteiger partial charge in [-0.1, -0.05) is 12.8 Å². The van der Waals surface area contributed by atoms with Gasteiger partial charge in [-0.15, -0.1) is 0 Å². The van der Waals surface area contributed by atoms with Crippen LogP contribution in [0.3, 0.4) is 0 Å². The first-order valence-electron chi connectivity index (χ1n) is 7.59. The molecule has 1 aromatic heterocycles. The van der Waals surface area contributed by atoms with E-state index in [0.717, 1.165) is 31.7 Å². The van der Waals surface area contributed by atoms with Gasteiger partial charge in [0, 0.05) is 25.8 Å². The Balaban J connectivity index is 1.72. The summed E-state index contributed by atoms with van der Waals surface area (Å²) in [7, 11) is 0. The summed E-state index contributed by atoms with van der Waals surface area (Å²) < 4.78 is 7.37. The van der Waals surface area contributed by atoms with Crippen molar-refractivity contribution in [3.63, 3.8) is 0 Å². The fourth-order valence-corrected chi connectivity index (χ4v) is 2.77. The SMILES string of the molecule is CCOCCCC(O)Cc1ccn(C2CCCC2)n1. The van der Waals surface area contributed by atoms with E-state index in [0.29, 0.717) is 12.5 Å². The molecule has 0 aliphatic heterocycles. The predicted octanol–water partition coefficient (Wildman–Crippen LogP) is 2.72. The van der Waals surface area contributed by atoms with Gasteiger partial charge in [0.15, 0.2) is 0 Å². The number of aromatic nitrogens is 2. The monoisotopic (exact) mass is 266 g/mol. The molecule has 19 heavy (non-hydrogen) atoms. The maximum absolute atomic E-state index is 9.97. The molecule has 0 bridgehead atoms. The Kier molecular flexibility index (Phi) is 5.86. The van der Waals surface area contributed by atoms with E-state index in [4.69, 9.17) is 4.74 Å². The van der Waals surface area contributed by atoms with E-state index in [1.165, 1.54) is 25.7 Å². The van der Waals surface area contributed by atoms with Crippen molar-refractivity contribution in [2.45, 2.75) is 64.0 Å². The third-order valence-electron chi connectivity index (χ3n) is 3.84. The zero-order chi connectivity index (χ0) is 13.5. The molecule has 1 N–H and O–H groups in total. The average molecular weight is 266 g/mol. The van der Waals surface area contributed by atoms with E-state index in [1.54, 1.807) is 0 Å². The number of aliphatic hydroxyl groups excluding tert-OH is 1. The fraction of sp³-hybridized carbons (Fsp3) is 0.800.